The molecule has 0 spiro atoms. The summed E-state index contributed by atoms with van der Waals surface area (Å²) in [6, 6.07) is 7.63. The van der Waals surface area contributed by atoms with Crippen LogP contribution in [0, 0.1) is 0 Å². The smallest absolute Gasteiger partial charge is 0.200 e. The Balaban J connectivity index is 2.65. The molecule has 4 heteroatoms. The maximum atomic E-state index is 10.1. The zero-order chi connectivity index (χ0) is 19.0. The zero-order valence-electron chi connectivity index (χ0n) is 16.8. The van der Waals surface area contributed by atoms with Crippen molar-refractivity contribution in [1.82, 2.24) is 0 Å². The van der Waals surface area contributed by atoms with Gasteiger partial charge in [0.1, 0.15) is 12.4 Å². The summed E-state index contributed by atoms with van der Waals surface area (Å²) in [5, 5.41) is 10.1. The highest BCUT2D eigenvalue weighted by atomic mass is 28.4. The Hall–Kier alpha value is -1.10. The van der Waals surface area contributed by atoms with Gasteiger partial charge in [-0.25, -0.2) is 0 Å². The van der Waals surface area contributed by atoms with E-state index in [2.05, 4.69) is 48.1 Å². The molecular weight excluding hydrogens is 328 g/mol. The van der Waals surface area contributed by atoms with Crippen molar-refractivity contribution in [2.24, 2.45) is 0 Å². The van der Waals surface area contributed by atoms with Gasteiger partial charge < -0.3 is 14.3 Å². The van der Waals surface area contributed by atoms with Crippen molar-refractivity contribution in [2.45, 2.75) is 70.7 Å². The number of rotatable bonds is 11. The molecule has 0 fully saturated rings. The molecule has 0 bridgehead atoms. The average molecular weight is 365 g/mol. The average Bonchev–Trinajstić information content (AvgIpc) is 2.54. The maximum Gasteiger partial charge on any atom is 0.200 e. The van der Waals surface area contributed by atoms with Crippen molar-refractivity contribution in [3.8, 4) is 5.75 Å². The van der Waals surface area contributed by atoms with Crippen LogP contribution in [-0.2, 0) is 4.43 Å². The molecule has 0 heterocycles. The third-order valence-corrected chi connectivity index (χ3v) is 11.2. The van der Waals surface area contributed by atoms with Gasteiger partial charge >= 0.3 is 0 Å². The van der Waals surface area contributed by atoms with Gasteiger partial charge in [0.2, 0.25) is 0 Å². The lowest BCUT2D eigenvalue weighted by atomic mass is 10.1. The molecule has 0 aromatic heterocycles. The Morgan fingerprint density at radius 2 is 1.64 bits per heavy atom. The lowest BCUT2D eigenvalue weighted by Crippen LogP contribution is -2.48. The van der Waals surface area contributed by atoms with Gasteiger partial charge in [0, 0.05) is 0 Å². The summed E-state index contributed by atoms with van der Waals surface area (Å²) in [5.74, 6) is 0.773. The van der Waals surface area contributed by atoms with Crippen LogP contribution in [0.15, 0.2) is 36.9 Å². The van der Waals surface area contributed by atoms with Gasteiger partial charge in [-0.3, -0.25) is 0 Å². The molecule has 1 aromatic rings. The van der Waals surface area contributed by atoms with Crippen molar-refractivity contribution < 1.29 is 14.3 Å². The van der Waals surface area contributed by atoms with Crippen molar-refractivity contribution >= 4 is 8.32 Å². The predicted octanol–water partition coefficient (Wildman–Crippen LogP) is 5.87. The minimum Gasteiger partial charge on any atom is -0.491 e. The SMILES string of the molecule is C=CCC(O)c1cccc(OCCO[Si](C(C)C)(C(C)C)C(C)C)c1. The predicted molar refractivity (Wildman–Crippen MR) is 109 cm³/mol. The number of hydrogen-bond acceptors (Lipinski definition) is 3. The van der Waals surface area contributed by atoms with Crippen LogP contribution >= 0.6 is 0 Å². The Kier molecular flexibility index (Phi) is 8.90. The standard InChI is InChI=1S/C21H36O3Si/c1-8-10-21(22)19-11-9-12-20(15-19)23-13-14-24-25(16(2)3,17(4)5)18(6)7/h8-9,11-12,15-18,21-22H,1,10,13-14H2,2-7H3. The molecule has 0 saturated heterocycles. The van der Waals surface area contributed by atoms with E-state index in [1.165, 1.54) is 0 Å². The first kappa shape index (κ1) is 21.9. The summed E-state index contributed by atoms with van der Waals surface area (Å²) in [5.41, 5.74) is 2.58. The van der Waals surface area contributed by atoms with Crippen molar-refractivity contribution in [3.63, 3.8) is 0 Å². The summed E-state index contributed by atoms with van der Waals surface area (Å²) >= 11 is 0. The third kappa shape index (κ3) is 5.70. The number of hydrogen-bond donors (Lipinski definition) is 1. The highest BCUT2D eigenvalue weighted by molar-refractivity contribution is 6.77. The van der Waals surface area contributed by atoms with E-state index in [0.717, 1.165) is 11.3 Å². The fourth-order valence-corrected chi connectivity index (χ4v) is 9.42. The molecule has 1 atom stereocenters. The molecule has 1 rings (SSSR count). The first-order valence-corrected chi connectivity index (χ1v) is 11.5. The molecule has 3 nitrogen and oxygen atoms in total. The van der Waals surface area contributed by atoms with Gasteiger partial charge in [0.05, 0.1) is 12.7 Å². The minimum absolute atomic E-state index is 0.528. The van der Waals surface area contributed by atoms with E-state index in [0.29, 0.717) is 36.3 Å². The Morgan fingerprint density at radius 1 is 1.04 bits per heavy atom. The van der Waals surface area contributed by atoms with Crippen LogP contribution in [0.25, 0.3) is 0 Å². The summed E-state index contributed by atoms with van der Waals surface area (Å²) in [6.45, 7) is 18.5. The maximum absolute atomic E-state index is 10.1. The summed E-state index contributed by atoms with van der Waals surface area (Å²) < 4.78 is 12.4. The van der Waals surface area contributed by atoms with Gasteiger partial charge in [-0.15, -0.1) is 6.58 Å². The normalized spacial score (nSPS) is 13.5. The fourth-order valence-electron chi connectivity index (χ4n) is 3.98. The van der Waals surface area contributed by atoms with Crippen LogP contribution in [0.4, 0.5) is 0 Å². The lowest BCUT2D eigenvalue weighted by Gasteiger charge is -2.42. The molecule has 0 radical (unpaired) electrons. The van der Waals surface area contributed by atoms with Crippen LogP contribution in [0.2, 0.25) is 16.6 Å². The molecule has 0 saturated carbocycles. The van der Waals surface area contributed by atoms with Gasteiger partial charge in [0.25, 0.3) is 0 Å². The summed E-state index contributed by atoms with van der Waals surface area (Å²) in [4.78, 5) is 0. The molecule has 0 aliphatic heterocycles. The van der Waals surface area contributed by atoms with E-state index < -0.39 is 14.4 Å². The number of aliphatic hydroxyl groups is 1. The zero-order valence-corrected chi connectivity index (χ0v) is 17.8. The van der Waals surface area contributed by atoms with Crippen LogP contribution in [0.1, 0.15) is 59.6 Å². The van der Waals surface area contributed by atoms with Crippen LogP contribution < -0.4 is 4.74 Å². The Labute approximate surface area is 155 Å². The number of benzene rings is 1. The topological polar surface area (TPSA) is 38.7 Å². The van der Waals surface area contributed by atoms with Gasteiger partial charge in [-0.1, -0.05) is 59.8 Å². The van der Waals surface area contributed by atoms with Crippen LogP contribution in [-0.4, -0.2) is 26.6 Å². The monoisotopic (exact) mass is 364 g/mol. The molecular formula is C21H36O3Si. The second-order valence-electron chi connectivity index (χ2n) is 7.63. The van der Waals surface area contributed by atoms with Gasteiger partial charge in [-0.05, 0) is 40.7 Å². The second-order valence-corrected chi connectivity index (χ2v) is 13.1. The fraction of sp³-hybridized carbons (Fsp3) is 0.619. The summed E-state index contributed by atoms with van der Waals surface area (Å²) in [7, 11) is -1.84. The van der Waals surface area contributed by atoms with E-state index in [-0.39, 0.29) is 0 Å². The highest BCUT2D eigenvalue weighted by Gasteiger charge is 2.44. The Morgan fingerprint density at radius 3 is 2.16 bits per heavy atom. The first-order chi connectivity index (χ1) is 11.8. The largest absolute Gasteiger partial charge is 0.491 e. The van der Waals surface area contributed by atoms with E-state index >= 15 is 0 Å². The van der Waals surface area contributed by atoms with Crippen molar-refractivity contribution in [2.75, 3.05) is 13.2 Å². The molecule has 1 unspecified atom stereocenters. The molecule has 1 aromatic carbocycles. The van der Waals surface area contributed by atoms with Crippen LogP contribution in [0.3, 0.4) is 0 Å². The van der Waals surface area contributed by atoms with E-state index in [9.17, 15) is 5.11 Å². The minimum atomic E-state index is -1.84. The molecule has 142 valence electrons. The molecule has 1 N–H and O–H groups in total. The quantitative estimate of drug-likeness (QED) is 0.303. The Bertz CT molecular complexity index is 504. The van der Waals surface area contributed by atoms with Gasteiger partial charge in [-0.2, -0.15) is 0 Å². The lowest BCUT2D eigenvalue weighted by molar-refractivity contribution is 0.179. The van der Waals surface area contributed by atoms with Crippen LogP contribution in [0.5, 0.6) is 5.75 Å². The first-order valence-electron chi connectivity index (χ1n) is 9.41. The van der Waals surface area contributed by atoms with E-state index in [1.807, 2.05) is 24.3 Å². The van der Waals surface area contributed by atoms with E-state index in [4.69, 9.17) is 9.16 Å². The second kappa shape index (κ2) is 10.1. The third-order valence-electron chi connectivity index (χ3n) is 5.04. The van der Waals surface area contributed by atoms with E-state index in [1.54, 1.807) is 6.08 Å². The highest BCUT2D eigenvalue weighted by Crippen LogP contribution is 2.42. The summed E-state index contributed by atoms with van der Waals surface area (Å²) in [6.07, 6.45) is 1.73. The molecule has 0 aliphatic rings. The number of aliphatic hydroxyl groups excluding tert-OH is 1. The van der Waals surface area contributed by atoms with Crippen molar-refractivity contribution in [3.05, 3.63) is 42.5 Å². The molecule has 0 aliphatic carbocycles. The molecule has 25 heavy (non-hydrogen) atoms. The van der Waals surface area contributed by atoms with Gasteiger partial charge in [0.15, 0.2) is 8.32 Å². The van der Waals surface area contributed by atoms with Crippen molar-refractivity contribution in [1.29, 1.82) is 0 Å². The number of ether oxygens (including phenoxy) is 1. The molecule has 0 amide bonds.